The van der Waals surface area contributed by atoms with Crippen LogP contribution in [0.15, 0.2) is 36.7 Å². The highest BCUT2D eigenvalue weighted by atomic mass is 19.1. The minimum absolute atomic E-state index is 0.0957. The molecular weight excluding hydrogens is 337 g/mol. The lowest BCUT2D eigenvalue weighted by molar-refractivity contribution is 0.0564. The van der Waals surface area contributed by atoms with Gasteiger partial charge in [-0.2, -0.15) is 5.10 Å². The van der Waals surface area contributed by atoms with Gasteiger partial charge in [0.1, 0.15) is 5.82 Å². The Kier molecular flexibility index (Phi) is 4.38. The Morgan fingerprint density at radius 1 is 1.38 bits per heavy atom. The lowest BCUT2D eigenvalue weighted by Gasteiger charge is -2.23. The zero-order chi connectivity index (χ0) is 18.1. The maximum Gasteiger partial charge on any atom is 0.336 e. The first kappa shape index (κ1) is 16.7. The molecule has 3 aromatic rings. The molecule has 0 spiro atoms. The molecule has 0 amide bonds. The second-order valence-electron chi connectivity index (χ2n) is 6.44. The van der Waals surface area contributed by atoms with Crippen molar-refractivity contribution in [1.29, 1.82) is 0 Å². The van der Waals surface area contributed by atoms with Gasteiger partial charge in [0.05, 0.1) is 29.4 Å². The first-order chi connectivity index (χ1) is 12.6. The van der Waals surface area contributed by atoms with Crippen LogP contribution in [0.25, 0.3) is 10.9 Å². The van der Waals surface area contributed by atoms with Gasteiger partial charge in [0, 0.05) is 30.8 Å². The number of rotatable bonds is 4. The van der Waals surface area contributed by atoms with Gasteiger partial charge >= 0.3 is 5.97 Å². The summed E-state index contributed by atoms with van der Waals surface area (Å²) in [5, 5.41) is 14.8. The van der Waals surface area contributed by atoms with E-state index in [-0.39, 0.29) is 23.8 Å². The Labute approximate surface area is 149 Å². The zero-order valence-corrected chi connectivity index (χ0v) is 14.1. The van der Waals surface area contributed by atoms with Gasteiger partial charge < -0.3 is 9.84 Å². The van der Waals surface area contributed by atoms with Crippen molar-refractivity contribution >= 4 is 16.9 Å². The minimum Gasteiger partial charge on any atom is -0.478 e. The molecule has 1 saturated heterocycles. The molecule has 0 bridgehead atoms. The summed E-state index contributed by atoms with van der Waals surface area (Å²) in [6.45, 7) is 1.32. The average molecular weight is 355 g/mol. The molecule has 0 saturated carbocycles. The van der Waals surface area contributed by atoms with Crippen LogP contribution in [0.3, 0.4) is 0 Å². The summed E-state index contributed by atoms with van der Waals surface area (Å²) in [5.74, 6) is -1.36. The number of hydrogen-bond donors (Lipinski definition) is 1. The molecule has 1 aromatic carbocycles. The van der Waals surface area contributed by atoms with Crippen molar-refractivity contribution in [2.24, 2.45) is 0 Å². The van der Waals surface area contributed by atoms with E-state index in [1.54, 1.807) is 6.07 Å². The van der Waals surface area contributed by atoms with E-state index in [0.29, 0.717) is 23.3 Å². The summed E-state index contributed by atoms with van der Waals surface area (Å²) < 4.78 is 21.3. The molecule has 4 rings (SSSR count). The molecule has 3 heterocycles. The van der Waals surface area contributed by atoms with Gasteiger partial charge in [-0.15, -0.1) is 0 Å². The quantitative estimate of drug-likeness (QED) is 0.778. The topological polar surface area (TPSA) is 77.2 Å². The summed E-state index contributed by atoms with van der Waals surface area (Å²) in [7, 11) is 0. The number of fused-ring (bicyclic) bond motifs is 1. The molecule has 1 aliphatic rings. The van der Waals surface area contributed by atoms with E-state index in [0.717, 1.165) is 25.0 Å². The lowest BCUT2D eigenvalue weighted by atomic mass is 10.0. The van der Waals surface area contributed by atoms with Crippen LogP contribution in [-0.4, -0.2) is 39.1 Å². The van der Waals surface area contributed by atoms with E-state index in [1.165, 1.54) is 30.6 Å². The summed E-state index contributed by atoms with van der Waals surface area (Å²) >= 11 is 0. The van der Waals surface area contributed by atoms with Crippen molar-refractivity contribution in [2.75, 3.05) is 13.2 Å². The smallest absolute Gasteiger partial charge is 0.336 e. The van der Waals surface area contributed by atoms with E-state index in [2.05, 4.69) is 4.98 Å². The molecule has 1 N–H and O–H groups in total. The average Bonchev–Trinajstić information content (AvgIpc) is 3.00. The van der Waals surface area contributed by atoms with Gasteiger partial charge in [0.25, 0.3) is 0 Å². The maximum atomic E-state index is 13.8. The number of carbonyl (C=O) groups is 1. The Morgan fingerprint density at radius 2 is 2.27 bits per heavy atom. The summed E-state index contributed by atoms with van der Waals surface area (Å²) in [4.78, 5) is 15.5. The first-order valence-corrected chi connectivity index (χ1v) is 8.54. The highest BCUT2D eigenvalue weighted by Gasteiger charge is 2.22. The van der Waals surface area contributed by atoms with Gasteiger partial charge in [-0.1, -0.05) is 0 Å². The summed E-state index contributed by atoms with van der Waals surface area (Å²) in [6, 6.07) is 6.15. The van der Waals surface area contributed by atoms with Crippen LogP contribution in [0.2, 0.25) is 0 Å². The molecule has 0 aliphatic carbocycles. The monoisotopic (exact) mass is 355 g/mol. The lowest BCUT2D eigenvalue weighted by Crippen LogP contribution is -2.22. The van der Waals surface area contributed by atoms with Crippen molar-refractivity contribution in [3.63, 3.8) is 0 Å². The maximum absolute atomic E-state index is 13.8. The molecule has 134 valence electrons. The van der Waals surface area contributed by atoms with Gasteiger partial charge in [0.2, 0.25) is 0 Å². The molecule has 1 aliphatic heterocycles. The Hall–Kier alpha value is -2.80. The number of benzene rings is 1. The third-order valence-corrected chi connectivity index (χ3v) is 4.72. The molecule has 0 radical (unpaired) electrons. The molecular formula is C19H18FN3O3. The van der Waals surface area contributed by atoms with Gasteiger partial charge in [0.15, 0.2) is 0 Å². The molecule has 2 aromatic heterocycles. The molecule has 1 fully saturated rings. The predicted molar refractivity (Wildman–Crippen MR) is 92.8 cm³/mol. The SMILES string of the molecule is O=C(O)c1ccncc1Cc1nn(C2CCCOC2)c2ccc(F)cc12. The largest absolute Gasteiger partial charge is 0.478 e. The number of carboxylic acids is 1. The van der Waals surface area contributed by atoms with Gasteiger partial charge in [-0.3, -0.25) is 9.67 Å². The fraction of sp³-hybridized carbons (Fsp3) is 0.316. The van der Waals surface area contributed by atoms with Crippen LogP contribution in [-0.2, 0) is 11.2 Å². The van der Waals surface area contributed by atoms with Gasteiger partial charge in [-0.05, 0) is 42.7 Å². The number of nitrogens with zero attached hydrogens (tertiary/aromatic N) is 3. The highest BCUT2D eigenvalue weighted by molar-refractivity contribution is 5.89. The minimum atomic E-state index is -1.02. The van der Waals surface area contributed by atoms with Crippen LogP contribution in [0.4, 0.5) is 4.39 Å². The fourth-order valence-electron chi connectivity index (χ4n) is 3.46. The third-order valence-electron chi connectivity index (χ3n) is 4.72. The van der Waals surface area contributed by atoms with E-state index in [1.807, 2.05) is 4.68 Å². The van der Waals surface area contributed by atoms with Crippen molar-refractivity contribution in [3.05, 3.63) is 59.3 Å². The van der Waals surface area contributed by atoms with Crippen LogP contribution in [0.1, 0.15) is 40.5 Å². The van der Waals surface area contributed by atoms with E-state index in [4.69, 9.17) is 9.84 Å². The van der Waals surface area contributed by atoms with Crippen LogP contribution in [0, 0.1) is 5.82 Å². The molecule has 6 nitrogen and oxygen atoms in total. The second-order valence-corrected chi connectivity index (χ2v) is 6.44. The van der Waals surface area contributed by atoms with Gasteiger partial charge in [-0.25, -0.2) is 9.18 Å². The number of carboxylic acid groups (broad SMARTS) is 1. The Bertz CT molecular complexity index is 964. The fourth-order valence-corrected chi connectivity index (χ4v) is 3.46. The van der Waals surface area contributed by atoms with E-state index in [9.17, 15) is 14.3 Å². The number of hydrogen-bond acceptors (Lipinski definition) is 4. The van der Waals surface area contributed by atoms with Crippen LogP contribution in [0.5, 0.6) is 0 Å². The second kappa shape index (κ2) is 6.84. The number of aromatic carboxylic acids is 1. The summed E-state index contributed by atoms with van der Waals surface area (Å²) in [6.07, 6.45) is 5.14. The van der Waals surface area contributed by atoms with Crippen molar-refractivity contribution in [1.82, 2.24) is 14.8 Å². The third kappa shape index (κ3) is 3.06. The molecule has 7 heteroatoms. The number of aromatic nitrogens is 3. The molecule has 1 atom stereocenters. The number of halogens is 1. The standard InChI is InChI=1S/C19H18FN3O3/c20-13-3-4-18-16(9-13)17(22-23(18)14-2-1-7-26-11-14)8-12-10-21-6-5-15(12)19(24)25/h3-6,9-10,14H,1-2,7-8,11H2,(H,24,25). The number of ether oxygens (including phenoxy) is 1. The van der Waals surface area contributed by atoms with Crippen molar-refractivity contribution in [3.8, 4) is 0 Å². The Morgan fingerprint density at radius 3 is 3.04 bits per heavy atom. The van der Waals surface area contributed by atoms with Crippen LogP contribution < -0.4 is 0 Å². The van der Waals surface area contributed by atoms with E-state index < -0.39 is 5.97 Å². The normalized spacial score (nSPS) is 17.5. The molecule has 26 heavy (non-hydrogen) atoms. The number of pyridine rings is 1. The van der Waals surface area contributed by atoms with Crippen LogP contribution >= 0.6 is 0 Å². The van der Waals surface area contributed by atoms with E-state index >= 15 is 0 Å². The van der Waals surface area contributed by atoms with Crippen molar-refractivity contribution < 1.29 is 19.0 Å². The summed E-state index contributed by atoms with van der Waals surface area (Å²) in [5.41, 5.74) is 2.20. The predicted octanol–water partition coefficient (Wildman–Crippen LogP) is 3.21. The zero-order valence-electron chi connectivity index (χ0n) is 14.1. The highest BCUT2D eigenvalue weighted by Crippen LogP contribution is 2.28. The molecule has 1 unspecified atom stereocenters. The first-order valence-electron chi connectivity index (χ1n) is 8.54. The van der Waals surface area contributed by atoms with Crippen molar-refractivity contribution in [2.45, 2.75) is 25.3 Å². The Balaban J connectivity index is 1.80.